The average Bonchev–Trinajstić information content (AvgIpc) is 2.05. The molecule has 0 radical (unpaired) electrons. The maximum absolute atomic E-state index is 8.50. The van der Waals surface area contributed by atoms with E-state index >= 15 is 0 Å². The van der Waals surface area contributed by atoms with Gasteiger partial charge < -0.3 is 10.2 Å². The predicted molar refractivity (Wildman–Crippen MR) is 44.3 cm³/mol. The number of aliphatic hydroxyl groups is 2. The molecule has 0 aliphatic heterocycles. The van der Waals surface area contributed by atoms with E-state index in [2.05, 4.69) is 10.6 Å². The van der Waals surface area contributed by atoms with Crippen LogP contribution in [-0.4, -0.2) is 42.7 Å². The minimum atomic E-state index is 0.150. The number of hydrogen-bond donors (Lipinski definition) is 4. The molecule has 0 atom stereocenters. The molecule has 0 bridgehead atoms. The summed E-state index contributed by atoms with van der Waals surface area (Å²) in [6.07, 6.45) is 1.15. The molecule has 0 spiro atoms. The Kier molecular flexibility index (Phi) is 7.83. The molecule has 4 N–H and O–H groups in total. The fourth-order valence-electron chi connectivity index (χ4n) is 0.838. The number of rotatable bonds is 7. The second kappa shape index (κ2) is 7.94. The lowest BCUT2D eigenvalue weighted by atomic mass is 10.3. The molecule has 0 aliphatic rings. The van der Waals surface area contributed by atoms with Gasteiger partial charge in [0.2, 0.25) is 0 Å². The molecule has 0 aromatic rings. The lowest BCUT2D eigenvalue weighted by Crippen LogP contribution is -2.44. The van der Waals surface area contributed by atoms with E-state index in [0.29, 0.717) is 13.1 Å². The van der Waals surface area contributed by atoms with Crippen LogP contribution in [0.2, 0.25) is 0 Å². The van der Waals surface area contributed by atoms with Crippen molar-refractivity contribution < 1.29 is 10.2 Å². The van der Waals surface area contributed by atoms with Crippen LogP contribution in [0.3, 0.4) is 0 Å². The van der Waals surface area contributed by atoms with Crippen LogP contribution in [0, 0.1) is 0 Å². The fourth-order valence-corrected chi connectivity index (χ4v) is 0.838. The molecule has 0 heterocycles. The first-order valence-electron chi connectivity index (χ1n) is 4.03. The molecule has 0 saturated heterocycles. The van der Waals surface area contributed by atoms with Gasteiger partial charge in [-0.05, 0) is 6.42 Å². The van der Waals surface area contributed by atoms with Crippen LogP contribution in [-0.2, 0) is 0 Å². The van der Waals surface area contributed by atoms with Crippen molar-refractivity contribution in [3.05, 3.63) is 0 Å². The molecule has 0 rings (SSSR count). The number of hydrogen-bond acceptors (Lipinski definition) is 4. The van der Waals surface area contributed by atoms with Crippen molar-refractivity contribution in [2.24, 2.45) is 0 Å². The maximum Gasteiger partial charge on any atom is 0.0570 e. The van der Waals surface area contributed by atoms with E-state index in [0.717, 1.165) is 6.42 Å². The molecule has 0 saturated carbocycles. The molecular weight excluding hydrogens is 144 g/mol. The summed E-state index contributed by atoms with van der Waals surface area (Å²) < 4.78 is 0. The van der Waals surface area contributed by atoms with Crippen molar-refractivity contribution in [3.8, 4) is 0 Å². The molecule has 0 aromatic heterocycles. The van der Waals surface area contributed by atoms with Crippen molar-refractivity contribution in [3.63, 3.8) is 0 Å². The highest BCUT2D eigenvalue weighted by molar-refractivity contribution is 4.60. The van der Waals surface area contributed by atoms with Gasteiger partial charge in [0.15, 0.2) is 0 Å². The van der Waals surface area contributed by atoms with Crippen LogP contribution in [0.5, 0.6) is 0 Å². The summed E-state index contributed by atoms with van der Waals surface area (Å²) in [6, 6.07) is 0. The molecule has 0 aliphatic carbocycles. The van der Waals surface area contributed by atoms with Crippen LogP contribution < -0.4 is 10.6 Å². The first kappa shape index (κ1) is 10.8. The van der Waals surface area contributed by atoms with Gasteiger partial charge in [0.1, 0.15) is 0 Å². The Balaban J connectivity index is 3.25. The van der Waals surface area contributed by atoms with Crippen LogP contribution in [0.25, 0.3) is 0 Å². The summed E-state index contributed by atoms with van der Waals surface area (Å²) >= 11 is 0. The first-order valence-corrected chi connectivity index (χ1v) is 4.03. The van der Waals surface area contributed by atoms with Crippen LogP contribution in [0.15, 0.2) is 0 Å². The Morgan fingerprint density at radius 2 is 1.55 bits per heavy atom. The van der Waals surface area contributed by atoms with Gasteiger partial charge in [-0.1, -0.05) is 6.92 Å². The lowest BCUT2D eigenvalue weighted by molar-refractivity contribution is 0.256. The van der Waals surface area contributed by atoms with Gasteiger partial charge >= 0.3 is 0 Å². The highest BCUT2D eigenvalue weighted by atomic mass is 16.3. The van der Waals surface area contributed by atoms with E-state index < -0.39 is 0 Å². The van der Waals surface area contributed by atoms with Crippen molar-refractivity contribution in [1.82, 2.24) is 10.6 Å². The zero-order valence-corrected chi connectivity index (χ0v) is 7.01. The van der Waals surface area contributed by atoms with E-state index in [1.165, 1.54) is 0 Å². The monoisotopic (exact) mass is 162 g/mol. The Labute approximate surface area is 67.6 Å². The minimum absolute atomic E-state index is 0.150. The van der Waals surface area contributed by atoms with E-state index in [1.807, 2.05) is 6.92 Å². The van der Waals surface area contributed by atoms with Crippen LogP contribution in [0.1, 0.15) is 13.3 Å². The van der Waals surface area contributed by atoms with Crippen molar-refractivity contribution in [1.29, 1.82) is 0 Å². The van der Waals surface area contributed by atoms with Gasteiger partial charge in [-0.3, -0.25) is 10.6 Å². The molecule has 0 aromatic carbocycles. The normalized spacial score (nSPS) is 10.9. The van der Waals surface area contributed by atoms with E-state index in [-0.39, 0.29) is 19.4 Å². The Bertz CT molecular complexity index is 72.8. The van der Waals surface area contributed by atoms with E-state index in [4.69, 9.17) is 10.2 Å². The zero-order chi connectivity index (χ0) is 8.53. The van der Waals surface area contributed by atoms with Crippen molar-refractivity contribution >= 4 is 0 Å². The Morgan fingerprint density at radius 3 is 1.82 bits per heavy atom. The van der Waals surface area contributed by atoms with Gasteiger partial charge in [0, 0.05) is 13.1 Å². The zero-order valence-electron chi connectivity index (χ0n) is 7.01. The largest absolute Gasteiger partial charge is 0.395 e. The molecule has 0 unspecified atom stereocenters. The molecule has 0 amide bonds. The Morgan fingerprint density at radius 1 is 1.09 bits per heavy atom. The second-order valence-electron chi connectivity index (χ2n) is 2.32. The topological polar surface area (TPSA) is 64.5 Å². The quantitative estimate of drug-likeness (QED) is 0.358. The van der Waals surface area contributed by atoms with Crippen molar-refractivity contribution in [2.45, 2.75) is 19.5 Å². The van der Waals surface area contributed by atoms with Gasteiger partial charge in [-0.2, -0.15) is 0 Å². The Hall–Kier alpha value is -0.160. The summed E-state index contributed by atoms with van der Waals surface area (Å²) in [4.78, 5) is 0. The second-order valence-corrected chi connectivity index (χ2v) is 2.32. The summed E-state index contributed by atoms with van der Waals surface area (Å²) in [5.74, 6) is 0. The standard InChI is InChI=1S/C7H18N2O2/c1-2-7(8-3-5-10)9-4-6-11/h7-11H,2-6H2,1H3. The molecule has 11 heavy (non-hydrogen) atoms. The van der Waals surface area contributed by atoms with E-state index in [9.17, 15) is 0 Å². The average molecular weight is 162 g/mol. The fraction of sp³-hybridized carbons (Fsp3) is 1.00. The molecule has 4 heteroatoms. The summed E-state index contributed by atoms with van der Waals surface area (Å²) in [6.45, 7) is 3.53. The molecule has 4 nitrogen and oxygen atoms in total. The van der Waals surface area contributed by atoms with Gasteiger partial charge in [0.25, 0.3) is 0 Å². The van der Waals surface area contributed by atoms with E-state index in [1.54, 1.807) is 0 Å². The maximum atomic E-state index is 8.50. The lowest BCUT2D eigenvalue weighted by Gasteiger charge is -2.16. The van der Waals surface area contributed by atoms with Gasteiger partial charge in [0.05, 0.1) is 19.4 Å². The summed E-state index contributed by atoms with van der Waals surface area (Å²) in [7, 11) is 0. The highest BCUT2D eigenvalue weighted by Crippen LogP contribution is 1.83. The van der Waals surface area contributed by atoms with Crippen LogP contribution >= 0.6 is 0 Å². The minimum Gasteiger partial charge on any atom is -0.395 e. The molecule has 0 fully saturated rings. The molecular formula is C7H18N2O2. The van der Waals surface area contributed by atoms with Crippen LogP contribution in [0.4, 0.5) is 0 Å². The third-order valence-corrected chi connectivity index (χ3v) is 1.41. The first-order chi connectivity index (χ1) is 5.35. The third-order valence-electron chi connectivity index (χ3n) is 1.41. The van der Waals surface area contributed by atoms with Gasteiger partial charge in [-0.25, -0.2) is 0 Å². The summed E-state index contributed by atoms with van der Waals surface area (Å²) in [5.41, 5.74) is 0. The smallest absolute Gasteiger partial charge is 0.0570 e. The molecule has 68 valence electrons. The summed E-state index contributed by atoms with van der Waals surface area (Å²) in [5, 5.41) is 23.2. The highest BCUT2D eigenvalue weighted by Gasteiger charge is 2.01. The number of aliphatic hydroxyl groups excluding tert-OH is 2. The SMILES string of the molecule is CCC(NCCO)NCCO. The third kappa shape index (κ3) is 6.25. The van der Waals surface area contributed by atoms with Gasteiger partial charge in [-0.15, -0.1) is 0 Å². The predicted octanol–water partition coefficient (Wildman–Crippen LogP) is -1.11. The van der Waals surface area contributed by atoms with Crippen molar-refractivity contribution in [2.75, 3.05) is 26.3 Å². The number of nitrogens with one attached hydrogen (secondary N) is 2.